The third-order valence-electron chi connectivity index (χ3n) is 9.07. The van der Waals surface area contributed by atoms with Gasteiger partial charge in [0.1, 0.15) is 0 Å². The first-order valence-corrected chi connectivity index (χ1v) is 22.0. The molecule has 2 rings (SSSR count). The number of fused-ring (bicyclic) bond motifs is 1. The van der Waals surface area contributed by atoms with Crippen molar-refractivity contribution in [3.05, 3.63) is 93.1 Å². The van der Waals surface area contributed by atoms with Gasteiger partial charge in [-0.3, -0.25) is 0 Å². The van der Waals surface area contributed by atoms with Crippen molar-refractivity contribution in [2.24, 2.45) is 43.3 Å². The third-order valence-corrected chi connectivity index (χ3v) is 9.07. The van der Waals surface area contributed by atoms with Gasteiger partial charge in [0.2, 0.25) is 0 Å². The Bertz CT molecular complexity index is 1690. The minimum Gasteiger partial charge on any atom is -0.0785 e. The summed E-state index contributed by atoms with van der Waals surface area (Å²) in [6, 6.07) is 0. The van der Waals surface area contributed by atoms with Crippen LogP contribution < -0.4 is 0 Å². The predicted molar refractivity (Wildman–Crippen MR) is 272 cm³/mol. The summed E-state index contributed by atoms with van der Waals surface area (Å²) in [6.45, 7) is 55.3. The van der Waals surface area contributed by atoms with Crippen LogP contribution in [0.1, 0.15) is 211 Å². The van der Waals surface area contributed by atoms with Gasteiger partial charge in [-0.05, 0) is 98.6 Å². The van der Waals surface area contributed by atoms with Crippen LogP contribution >= 0.6 is 0 Å². The number of hydrogen-bond donors (Lipinski definition) is 0. The van der Waals surface area contributed by atoms with Crippen LogP contribution in [0.5, 0.6) is 0 Å². The van der Waals surface area contributed by atoms with E-state index in [0.717, 1.165) is 0 Å². The fourth-order valence-electron chi connectivity index (χ4n) is 6.03. The number of hydrogen-bond acceptors (Lipinski definition) is 0. The highest BCUT2D eigenvalue weighted by Gasteiger charge is 2.26. The Balaban J connectivity index is 4.08. The summed E-state index contributed by atoms with van der Waals surface area (Å²) in [5, 5.41) is 2.59. The minimum absolute atomic E-state index is 0.00974. The standard InChI is InChI=1S/C58H88/c1-51(2,3)33-25-41-42(26-34-52(4,5)6)46(30-38-56(16,17)18)50-48(32-40-58(22,23)24)44(28-36-54(10,11)12)43(27-35-53(7,8)9)47(31-39-57(19,20)21)49(50)45(41)29-37-55(13,14)15/h25-40H,1-24H3/b33-25+,34-26+,35-27+,36-28+,37-29+,38-30+,39-31+,40-32+. The third kappa shape index (κ3) is 17.9. The van der Waals surface area contributed by atoms with Gasteiger partial charge in [0, 0.05) is 0 Å². The molecule has 0 aliphatic carbocycles. The van der Waals surface area contributed by atoms with Crippen molar-refractivity contribution < 1.29 is 0 Å². The second-order valence-electron chi connectivity index (χ2n) is 25.7. The molecule has 0 heteroatoms. The molecule has 0 atom stereocenters. The molecule has 0 amide bonds. The zero-order chi connectivity index (χ0) is 45.1. The van der Waals surface area contributed by atoms with E-state index in [0.29, 0.717) is 0 Å². The Morgan fingerprint density at radius 1 is 0.172 bits per heavy atom. The molecule has 0 saturated heterocycles. The number of allylic oxidation sites excluding steroid dienone is 8. The van der Waals surface area contributed by atoms with Crippen molar-refractivity contribution in [3.63, 3.8) is 0 Å². The fourth-order valence-corrected chi connectivity index (χ4v) is 6.03. The maximum Gasteiger partial charge on any atom is -0.00141 e. The smallest absolute Gasteiger partial charge is 0.00141 e. The Morgan fingerprint density at radius 3 is 0.379 bits per heavy atom. The lowest BCUT2D eigenvalue weighted by Crippen LogP contribution is -2.08. The summed E-state index contributed by atoms with van der Waals surface area (Å²) in [5.41, 5.74) is 9.98. The Hall–Kier alpha value is -3.38. The van der Waals surface area contributed by atoms with E-state index in [9.17, 15) is 0 Å². The second kappa shape index (κ2) is 18.1. The van der Waals surface area contributed by atoms with Gasteiger partial charge in [0.05, 0.1) is 0 Å². The van der Waals surface area contributed by atoms with Crippen LogP contribution in [0, 0.1) is 43.3 Å². The zero-order valence-electron chi connectivity index (χ0n) is 42.2. The molecular weight excluding hydrogens is 697 g/mol. The summed E-state index contributed by atoms with van der Waals surface area (Å²) in [6.07, 6.45) is 38.8. The first-order chi connectivity index (χ1) is 25.8. The van der Waals surface area contributed by atoms with Crippen molar-refractivity contribution >= 4 is 59.4 Å². The molecule has 0 radical (unpaired) electrons. The van der Waals surface area contributed by atoms with Gasteiger partial charge in [-0.2, -0.15) is 0 Å². The first-order valence-electron chi connectivity index (χ1n) is 22.0. The van der Waals surface area contributed by atoms with Crippen molar-refractivity contribution in [3.8, 4) is 0 Å². The average Bonchev–Trinajstić information content (AvgIpc) is 2.97. The highest BCUT2D eigenvalue weighted by atomic mass is 14.3. The highest BCUT2D eigenvalue weighted by Crippen LogP contribution is 2.46. The predicted octanol–water partition coefficient (Wildman–Crippen LogP) is 19.3. The van der Waals surface area contributed by atoms with E-state index in [1.807, 2.05) is 0 Å². The number of benzene rings is 2. The van der Waals surface area contributed by atoms with Gasteiger partial charge in [-0.15, -0.1) is 0 Å². The van der Waals surface area contributed by atoms with Crippen LogP contribution in [-0.2, 0) is 0 Å². The average molecular weight is 785 g/mol. The maximum atomic E-state index is 2.45. The van der Waals surface area contributed by atoms with Gasteiger partial charge < -0.3 is 0 Å². The van der Waals surface area contributed by atoms with Gasteiger partial charge in [0.15, 0.2) is 0 Å². The topological polar surface area (TPSA) is 0 Å². The van der Waals surface area contributed by atoms with Crippen molar-refractivity contribution in [2.45, 2.75) is 166 Å². The van der Waals surface area contributed by atoms with Gasteiger partial charge in [-0.1, -0.05) is 263 Å². The Morgan fingerprint density at radius 2 is 0.276 bits per heavy atom. The summed E-state index contributed by atoms with van der Waals surface area (Å²) >= 11 is 0. The first kappa shape index (κ1) is 50.8. The van der Waals surface area contributed by atoms with E-state index in [4.69, 9.17) is 0 Å². The molecule has 0 aromatic heterocycles. The van der Waals surface area contributed by atoms with Gasteiger partial charge in [-0.25, -0.2) is 0 Å². The quantitative estimate of drug-likeness (QED) is 0.250. The molecular formula is C58H88. The van der Waals surface area contributed by atoms with E-state index in [1.165, 1.54) is 55.3 Å². The number of rotatable bonds is 8. The zero-order valence-corrected chi connectivity index (χ0v) is 42.2. The molecule has 0 nitrogen and oxygen atoms in total. The SMILES string of the molecule is CC(C)(C)/C=C/c1c(/C=C/C(C)(C)C)c(/C=C/C(C)(C)C)c2c(/C=C/C(C)(C)C)c(/C=C/C(C)(C)C)c(/C=C/C(C)(C)C)c(/C=C/C(C)(C)C)c2c1/C=C/C(C)(C)C. The second-order valence-corrected chi connectivity index (χ2v) is 25.7. The molecule has 0 fully saturated rings. The van der Waals surface area contributed by atoms with E-state index >= 15 is 0 Å². The molecule has 58 heavy (non-hydrogen) atoms. The van der Waals surface area contributed by atoms with E-state index in [-0.39, 0.29) is 43.3 Å². The fraction of sp³-hybridized carbons (Fsp3) is 0.552. The minimum atomic E-state index is -0.0235. The van der Waals surface area contributed by atoms with E-state index in [1.54, 1.807) is 0 Å². The lowest BCUT2D eigenvalue weighted by Gasteiger charge is -2.27. The summed E-state index contributed by atoms with van der Waals surface area (Å²) in [7, 11) is 0. The van der Waals surface area contributed by atoms with Crippen molar-refractivity contribution in [2.75, 3.05) is 0 Å². The molecule has 0 saturated carbocycles. The molecule has 0 heterocycles. The van der Waals surface area contributed by atoms with Gasteiger partial charge >= 0.3 is 0 Å². The molecule has 320 valence electrons. The van der Waals surface area contributed by atoms with Crippen LogP contribution in [0.3, 0.4) is 0 Å². The summed E-state index contributed by atoms with van der Waals surface area (Å²) in [5.74, 6) is 0. The van der Waals surface area contributed by atoms with Gasteiger partial charge in [0.25, 0.3) is 0 Å². The lowest BCUT2D eigenvalue weighted by molar-refractivity contribution is 0.546. The molecule has 0 aliphatic rings. The molecule has 2 aromatic carbocycles. The molecule has 0 spiro atoms. The molecule has 2 aromatic rings. The van der Waals surface area contributed by atoms with Crippen LogP contribution in [0.25, 0.3) is 59.4 Å². The van der Waals surface area contributed by atoms with Crippen LogP contribution in [0.4, 0.5) is 0 Å². The van der Waals surface area contributed by atoms with Crippen LogP contribution in [-0.4, -0.2) is 0 Å². The highest BCUT2D eigenvalue weighted by molar-refractivity contribution is 6.13. The summed E-state index contributed by atoms with van der Waals surface area (Å²) in [4.78, 5) is 0. The monoisotopic (exact) mass is 785 g/mol. The molecule has 0 bridgehead atoms. The Kier molecular flexibility index (Phi) is 15.8. The molecule has 0 aliphatic heterocycles. The van der Waals surface area contributed by atoms with E-state index < -0.39 is 0 Å². The van der Waals surface area contributed by atoms with Crippen molar-refractivity contribution in [1.82, 2.24) is 0 Å². The molecule has 0 N–H and O–H groups in total. The normalized spacial score (nSPS) is 15.4. The van der Waals surface area contributed by atoms with Crippen molar-refractivity contribution in [1.29, 1.82) is 0 Å². The van der Waals surface area contributed by atoms with E-state index in [2.05, 4.69) is 263 Å². The van der Waals surface area contributed by atoms with Crippen LogP contribution in [0.15, 0.2) is 48.6 Å². The van der Waals surface area contributed by atoms with Crippen LogP contribution in [0.2, 0.25) is 0 Å². The summed E-state index contributed by atoms with van der Waals surface area (Å²) < 4.78 is 0. The Labute approximate surface area is 360 Å². The molecule has 0 unspecified atom stereocenters. The maximum absolute atomic E-state index is 2.45. The lowest BCUT2D eigenvalue weighted by atomic mass is 9.77. The largest absolute Gasteiger partial charge is 0.0785 e.